The first-order valence-electron chi connectivity index (χ1n) is 7.70. The molecule has 3 nitrogen and oxygen atoms in total. The molecular weight excluding hydrogens is 224 g/mol. The van der Waals surface area contributed by atoms with Gasteiger partial charge in [-0.15, -0.1) is 0 Å². The minimum absolute atomic E-state index is 0.226. The van der Waals surface area contributed by atoms with E-state index < -0.39 is 0 Å². The average Bonchev–Trinajstić information content (AvgIpc) is 2.38. The number of carbonyl (C=O) groups is 1. The number of rotatable bonds is 3. The van der Waals surface area contributed by atoms with E-state index in [0.717, 1.165) is 38.1 Å². The van der Waals surface area contributed by atoms with Crippen LogP contribution in [-0.4, -0.2) is 18.5 Å². The molecule has 3 heteroatoms. The molecule has 2 aliphatic rings. The van der Waals surface area contributed by atoms with Crippen molar-refractivity contribution < 1.29 is 4.79 Å². The first-order valence-corrected chi connectivity index (χ1v) is 7.70. The summed E-state index contributed by atoms with van der Waals surface area (Å²) in [6.07, 6.45) is 9.31. The molecule has 0 radical (unpaired) electrons. The molecule has 2 aliphatic carbocycles. The SMILES string of the molecule is CC1CCCCC1CNC(=O)C1CCC(N)CC1. The second kappa shape index (κ2) is 6.55. The Morgan fingerprint density at radius 2 is 1.78 bits per heavy atom. The van der Waals surface area contributed by atoms with E-state index in [4.69, 9.17) is 5.73 Å². The van der Waals surface area contributed by atoms with Crippen molar-refractivity contribution in [2.45, 2.75) is 64.3 Å². The van der Waals surface area contributed by atoms with E-state index in [0.29, 0.717) is 12.0 Å². The van der Waals surface area contributed by atoms with E-state index in [9.17, 15) is 4.79 Å². The van der Waals surface area contributed by atoms with Gasteiger partial charge in [-0.2, -0.15) is 0 Å². The summed E-state index contributed by atoms with van der Waals surface area (Å²) in [6, 6.07) is 0.326. The monoisotopic (exact) mass is 252 g/mol. The number of nitrogens with one attached hydrogen (secondary N) is 1. The second-order valence-electron chi connectivity index (χ2n) is 6.38. The lowest BCUT2D eigenvalue weighted by Crippen LogP contribution is -2.39. The van der Waals surface area contributed by atoms with Crippen molar-refractivity contribution in [3.05, 3.63) is 0 Å². The van der Waals surface area contributed by atoms with Crippen molar-refractivity contribution in [2.75, 3.05) is 6.54 Å². The van der Waals surface area contributed by atoms with Crippen molar-refractivity contribution in [1.82, 2.24) is 5.32 Å². The fourth-order valence-electron chi connectivity index (χ4n) is 3.45. The Balaban J connectivity index is 1.70. The maximum Gasteiger partial charge on any atom is 0.223 e. The van der Waals surface area contributed by atoms with Crippen molar-refractivity contribution in [3.8, 4) is 0 Å². The highest BCUT2D eigenvalue weighted by molar-refractivity contribution is 5.78. The van der Waals surface area contributed by atoms with Crippen LogP contribution in [0.4, 0.5) is 0 Å². The molecule has 0 spiro atoms. The Labute approximate surface area is 111 Å². The molecule has 0 aromatic rings. The van der Waals surface area contributed by atoms with Gasteiger partial charge in [-0.3, -0.25) is 4.79 Å². The number of carbonyl (C=O) groups excluding carboxylic acids is 1. The molecule has 2 unspecified atom stereocenters. The molecule has 2 atom stereocenters. The Kier molecular flexibility index (Phi) is 5.04. The van der Waals surface area contributed by atoms with Crippen molar-refractivity contribution in [3.63, 3.8) is 0 Å². The number of hydrogen-bond donors (Lipinski definition) is 2. The number of hydrogen-bond acceptors (Lipinski definition) is 2. The van der Waals surface area contributed by atoms with Crippen molar-refractivity contribution in [1.29, 1.82) is 0 Å². The molecule has 0 saturated heterocycles. The maximum absolute atomic E-state index is 12.1. The lowest BCUT2D eigenvalue weighted by Gasteiger charge is -2.30. The van der Waals surface area contributed by atoms with Gasteiger partial charge in [0.2, 0.25) is 5.91 Å². The first kappa shape index (κ1) is 13.9. The minimum Gasteiger partial charge on any atom is -0.356 e. The zero-order valence-corrected chi connectivity index (χ0v) is 11.7. The Hall–Kier alpha value is -0.570. The Morgan fingerprint density at radius 1 is 1.11 bits per heavy atom. The molecule has 18 heavy (non-hydrogen) atoms. The van der Waals surface area contributed by atoms with E-state index in [1.807, 2.05) is 0 Å². The molecule has 0 aromatic carbocycles. The van der Waals surface area contributed by atoms with Crippen LogP contribution in [0.5, 0.6) is 0 Å². The van der Waals surface area contributed by atoms with Crippen LogP contribution in [0.3, 0.4) is 0 Å². The summed E-state index contributed by atoms with van der Waals surface area (Å²) in [5.41, 5.74) is 5.87. The highest BCUT2D eigenvalue weighted by atomic mass is 16.1. The normalized spacial score (nSPS) is 37.2. The van der Waals surface area contributed by atoms with Crippen LogP contribution in [0.1, 0.15) is 58.3 Å². The molecule has 0 bridgehead atoms. The molecule has 2 fully saturated rings. The average molecular weight is 252 g/mol. The van der Waals surface area contributed by atoms with Gasteiger partial charge in [-0.1, -0.05) is 26.2 Å². The smallest absolute Gasteiger partial charge is 0.223 e. The predicted octanol–water partition coefficient (Wildman–Crippen LogP) is 2.45. The zero-order valence-electron chi connectivity index (χ0n) is 11.7. The van der Waals surface area contributed by atoms with E-state index >= 15 is 0 Å². The molecule has 2 saturated carbocycles. The zero-order chi connectivity index (χ0) is 13.0. The third-order valence-electron chi connectivity index (χ3n) is 4.97. The van der Waals surface area contributed by atoms with Crippen LogP contribution in [0.15, 0.2) is 0 Å². The summed E-state index contributed by atoms with van der Waals surface area (Å²) >= 11 is 0. The molecule has 104 valence electrons. The van der Waals surface area contributed by atoms with E-state index in [-0.39, 0.29) is 11.8 Å². The van der Waals surface area contributed by atoms with Gasteiger partial charge in [-0.25, -0.2) is 0 Å². The molecule has 0 aliphatic heterocycles. The molecule has 0 heterocycles. The van der Waals surface area contributed by atoms with Gasteiger partial charge < -0.3 is 11.1 Å². The van der Waals surface area contributed by atoms with Crippen LogP contribution in [0, 0.1) is 17.8 Å². The summed E-state index contributed by atoms with van der Waals surface area (Å²) in [7, 11) is 0. The highest BCUT2D eigenvalue weighted by Gasteiger charge is 2.26. The van der Waals surface area contributed by atoms with Gasteiger partial charge in [0.1, 0.15) is 0 Å². The van der Waals surface area contributed by atoms with Crippen LogP contribution in [-0.2, 0) is 4.79 Å². The lowest BCUT2D eigenvalue weighted by atomic mass is 9.80. The quantitative estimate of drug-likeness (QED) is 0.810. The van der Waals surface area contributed by atoms with Gasteiger partial charge in [0.15, 0.2) is 0 Å². The van der Waals surface area contributed by atoms with E-state index in [2.05, 4.69) is 12.2 Å². The van der Waals surface area contributed by atoms with Crippen molar-refractivity contribution in [2.24, 2.45) is 23.5 Å². The van der Waals surface area contributed by atoms with Gasteiger partial charge >= 0.3 is 0 Å². The van der Waals surface area contributed by atoms with Gasteiger partial charge in [0.05, 0.1) is 0 Å². The third-order valence-corrected chi connectivity index (χ3v) is 4.97. The van der Waals surface area contributed by atoms with E-state index in [1.54, 1.807) is 0 Å². The van der Waals surface area contributed by atoms with Crippen LogP contribution in [0.25, 0.3) is 0 Å². The summed E-state index contributed by atoms with van der Waals surface area (Å²) in [6.45, 7) is 3.22. The fourth-order valence-corrected chi connectivity index (χ4v) is 3.45. The van der Waals surface area contributed by atoms with Gasteiger partial charge in [-0.05, 0) is 43.9 Å². The van der Waals surface area contributed by atoms with Gasteiger partial charge in [0.25, 0.3) is 0 Å². The molecule has 2 rings (SSSR count). The minimum atomic E-state index is 0.226. The maximum atomic E-state index is 12.1. The molecular formula is C15H28N2O. The van der Waals surface area contributed by atoms with Crippen LogP contribution in [0.2, 0.25) is 0 Å². The fraction of sp³-hybridized carbons (Fsp3) is 0.933. The molecule has 0 aromatic heterocycles. The molecule has 3 N–H and O–H groups in total. The van der Waals surface area contributed by atoms with Crippen molar-refractivity contribution >= 4 is 5.91 Å². The summed E-state index contributed by atoms with van der Waals surface area (Å²) in [5, 5.41) is 3.19. The number of nitrogens with two attached hydrogens (primary N) is 1. The summed E-state index contributed by atoms with van der Waals surface area (Å²) in [4.78, 5) is 12.1. The molecule has 1 amide bonds. The Bertz CT molecular complexity index is 272. The lowest BCUT2D eigenvalue weighted by molar-refractivity contribution is -0.126. The van der Waals surface area contributed by atoms with E-state index in [1.165, 1.54) is 25.7 Å². The van der Waals surface area contributed by atoms with Crippen LogP contribution < -0.4 is 11.1 Å². The van der Waals surface area contributed by atoms with Crippen LogP contribution >= 0.6 is 0 Å². The largest absolute Gasteiger partial charge is 0.356 e. The topological polar surface area (TPSA) is 55.1 Å². The first-order chi connectivity index (χ1) is 8.66. The second-order valence-corrected chi connectivity index (χ2v) is 6.38. The predicted molar refractivity (Wildman–Crippen MR) is 74.1 cm³/mol. The summed E-state index contributed by atoms with van der Waals surface area (Å²) in [5.74, 6) is 1.98. The van der Waals surface area contributed by atoms with Gasteiger partial charge in [0, 0.05) is 18.5 Å². The number of amides is 1. The summed E-state index contributed by atoms with van der Waals surface area (Å²) < 4.78 is 0. The third kappa shape index (κ3) is 3.71. The Morgan fingerprint density at radius 3 is 2.44 bits per heavy atom. The highest BCUT2D eigenvalue weighted by Crippen LogP contribution is 2.29. The standard InChI is InChI=1S/C15H28N2O/c1-11-4-2-3-5-13(11)10-17-15(18)12-6-8-14(16)9-7-12/h11-14H,2-10,16H2,1H3,(H,17,18).